The first-order chi connectivity index (χ1) is 9.08. The van der Waals surface area contributed by atoms with Gasteiger partial charge in [0, 0.05) is 5.02 Å². The van der Waals surface area contributed by atoms with Crippen molar-refractivity contribution in [3.8, 4) is 0 Å². The lowest BCUT2D eigenvalue weighted by Gasteiger charge is -2.14. The quantitative estimate of drug-likeness (QED) is 0.908. The Morgan fingerprint density at radius 3 is 2.89 bits per heavy atom. The molecule has 1 N–H and O–H groups in total. The number of carbonyl (C=O) groups excluding carboxylic acids is 1. The normalized spacial score (nSPS) is 11.9. The first-order valence-electron chi connectivity index (χ1n) is 5.80. The summed E-state index contributed by atoms with van der Waals surface area (Å²) in [7, 11) is 0. The maximum absolute atomic E-state index is 13.4. The molecule has 4 heteroatoms. The lowest BCUT2D eigenvalue weighted by Crippen LogP contribution is -2.27. The third kappa shape index (κ3) is 3.32. The minimum absolute atomic E-state index is 0.00706. The third-order valence-corrected chi connectivity index (χ3v) is 2.99. The molecule has 0 spiro atoms. The number of rotatable bonds is 3. The molecule has 19 heavy (non-hydrogen) atoms. The van der Waals surface area contributed by atoms with Crippen LogP contribution in [-0.2, 0) is 0 Å². The van der Waals surface area contributed by atoms with Crippen molar-refractivity contribution in [2.45, 2.75) is 13.0 Å². The lowest BCUT2D eigenvalue weighted by atomic mass is 10.1. The predicted octanol–water partition coefficient (Wildman–Crippen LogP) is 3.77. The van der Waals surface area contributed by atoms with Crippen LogP contribution in [0.2, 0.25) is 5.02 Å². The molecular weight excluding hydrogens is 265 g/mol. The Labute approximate surface area is 116 Å². The Morgan fingerprint density at radius 2 is 2.21 bits per heavy atom. The van der Waals surface area contributed by atoms with Crippen molar-refractivity contribution >= 4 is 17.5 Å². The fourth-order valence-electron chi connectivity index (χ4n) is 1.73. The van der Waals surface area contributed by atoms with E-state index in [1.807, 2.05) is 13.0 Å². The van der Waals surface area contributed by atoms with Gasteiger partial charge in [-0.05, 0) is 42.8 Å². The second-order valence-corrected chi connectivity index (χ2v) is 4.59. The average Bonchev–Trinajstić information content (AvgIpc) is 2.39. The average molecular weight is 277 g/mol. The van der Waals surface area contributed by atoms with Crippen molar-refractivity contribution < 1.29 is 9.18 Å². The van der Waals surface area contributed by atoms with Crippen LogP contribution < -0.4 is 5.32 Å². The van der Waals surface area contributed by atoms with Gasteiger partial charge in [0.25, 0.3) is 5.91 Å². The fraction of sp³-hybridized carbons (Fsp3) is 0.133. The van der Waals surface area contributed by atoms with Gasteiger partial charge < -0.3 is 5.32 Å². The smallest absolute Gasteiger partial charge is 0.254 e. The zero-order valence-electron chi connectivity index (χ0n) is 10.3. The minimum atomic E-state index is -0.585. The lowest BCUT2D eigenvalue weighted by molar-refractivity contribution is 0.0936. The van der Waals surface area contributed by atoms with Gasteiger partial charge in [-0.3, -0.25) is 4.79 Å². The molecule has 0 saturated carbocycles. The van der Waals surface area contributed by atoms with E-state index in [4.69, 9.17) is 11.6 Å². The van der Waals surface area contributed by atoms with E-state index in [9.17, 15) is 9.18 Å². The molecule has 2 aromatic carbocycles. The van der Waals surface area contributed by atoms with Gasteiger partial charge in [0.1, 0.15) is 5.82 Å². The number of hydrogen-bond acceptors (Lipinski definition) is 1. The molecule has 2 rings (SSSR count). The van der Waals surface area contributed by atoms with Gasteiger partial charge in [-0.1, -0.05) is 29.8 Å². The third-order valence-electron chi connectivity index (χ3n) is 2.75. The molecule has 97 valence electrons. The molecule has 1 radical (unpaired) electrons. The zero-order chi connectivity index (χ0) is 13.8. The van der Waals surface area contributed by atoms with Crippen LogP contribution in [0, 0.1) is 11.9 Å². The van der Waals surface area contributed by atoms with Crippen LogP contribution in [0.5, 0.6) is 0 Å². The van der Waals surface area contributed by atoms with E-state index in [0.29, 0.717) is 5.02 Å². The van der Waals surface area contributed by atoms with Crippen LogP contribution in [0.1, 0.15) is 28.9 Å². The molecule has 2 aromatic rings. The minimum Gasteiger partial charge on any atom is -0.345 e. The van der Waals surface area contributed by atoms with E-state index < -0.39 is 11.7 Å². The maximum Gasteiger partial charge on any atom is 0.254 e. The summed E-state index contributed by atoms with van der Waals surface area (Å²) in [5.41, 5.74) is 0.872. The summed E-state index contributed by atoms with van der Waals surface area (Å²) < 4.78 is 13.4. The Bertz CT molecular complexity index is 600. The summed E-state index contributed by atoms with van der Waals surface area (Å²) in [5, 5.41) is 3.33. The van der Waals surface area contributed by atoms with Crippen molar-refractivity contribution in [3.05, 3.63) is 70.5 Å². The van der Waals surface area contributed by atoms with Crippen LogP contribution in [0.4, 0.5) is 4.39 Å². The molecule has 0 aliphatic carbocycles. The van der Waals surface area contributed by atoms with Crippen LogP contribution in [0.3, 0.4) is 0 Å². The highest BCUT2D eigenvalue weighted by atomic mass is 35.5. The number of amides is 1. The van der Waals surface area contributed by atoms with Crippen LogP contribution in [-0.4, -0.2) is 5.91 Å². The molecule has 1 amide bonds. The Kier molecular flexibility index (Phi) is 4.17. The fourth-order valence-corrected chi connectivity index (χ4v) is 1.93. The van der Waals surface area contributed by atoms with E-state index in [0.717, 1.165) is 11.6 Å². The molecule has 0 aliphatic rings. The second kappa shape index (κ2) is 5.85. The van der Waals surface area contributed by atoms with Crippen molar-refractivity contribution in [1.82, 2.24) is 5.32 Å². The maximum atomic E-state index is 13.4. The first kappa shape index (κ1) is 13.6. The van der Waals surface area contributed by atoms with Gasteiger partial charge in [0.05, 0.1) is 11.6 Å². The van der Waals surface area contributed by atoms with Crippen molar-refractivity contribution in [1.29, 1.82) is 0 Å². The Morgan fingerprint density at radius 1 is 1.42 bits per heavy atom. The molecule has 0 aliphatic heterocycles. The molecular formula is C15H12ClFNO. The molecule has 0 unspecified atom stereocenters. The Hall–Kier alpha value is -1.87. The largest absolute Gasteiger partial charge is 0.345 e. The molecule has 1 atom stereocenters. The van der Waals surface area contributed by atoms with Crippen LogP contribution in [0.15, 0.2) is 42.5 Å². The van der Waals surface area contributed by atoms with Gasteiger partial charge in [-0.15, -0.1) is 0 Å². The standard InChI is InChI=1S/C15H12ClFNO/c1-10(11-5-4-6-12(16)9-11)18-15(19)13-7-2-3-8-14(13)17/h2,4-10H,1H3,(H,18,19)/t10-/m1/s1. The molecule has 0 aromatic heterocycles. The highest BCUT2D eigenvalue weighted by Crippen LogP contribution is 2.18. The number of nitrogens with one attached hydrogen (secondary N) is 1. The van der Waals surface area contributed by atoms with Gasteiger partial charge in [0.2, 0.25) is 0 Å². The summed E-state index contributed by atoms with van der Waals surface area (Å²) in [6.07, 6.45) is 0. The van der Waals surface area contributed by atoms with Gasteiger partial charge in [-0.2, -0.15) is 0 Å². The van der Waals surface area contributed by atoms with Crippen LogP contribution >= 0.6 is 11.6 Å². The monoisotopic (exact) mass is 276 g/mol. The molecule has 0 fully saturated rings. The second-order valence-electron chi connectivity index (χ2n) is 4.16. The highest BCUT2D eigenvalue weighted by molar-refractivity contribution is 6.30. The number of benzene rings is 2. The van der Waals surface area contributed by atoms with Crippen molar-refractivity contribution in [2.24, 2.45) is 0 Å². The summed E-state index contributed by atoms with van der Waals surface area (Å²) in [5.74, 6) is -1.04. The van der Waals surface area contributed by atoms with Crippen molar-refractivity contribution in [3.63, 3.8) is 0 Å². The van der Waals surface area contributed by atoms with Crippen LogP contribution in [0.25, 0.3) is 0 Å². The van der Waals surface area contributed by atoms with E-state index in [2.05, 4.69) is 11.4 Å². The van der Waals surface area contributed by atoms with Gasteiger partial charge in [-0.25, -0.2) is 4.39 Å². The topological polar surface area (TPSA) is 29.1 Å². The molecule has 0 bridgehead atoms. The van der Waals surface area contributed by atoms with E-state index in [-0.39, 0.29) is 11.6 Å². The van der Waals surface area contributed by atoms with Gasteiger partial charge >= 0.3 is 0 Å². The first-order valence-corrected chi connectivity index (χ1v) is 6.17. The molecule has 0 heterocycles. The summed E-state index contributed by atoms with van der Waals surface area (Å²) in [6, 6.07) is 13.5. The number of halogens is 2. The van der Waals surface area contributed by atoms with Gasteiger partial charge in [0.15, 0.2) is 0 Å². The highest BCUT2D eigenvalue weighted by Gasteiger charge is 2.14. The molecule has 0 saturated heterocycles. The predicted molar refractivity (Wildman–Crippen MR) is 72.6 cm³/mol. The van der Waals surface area contributed by atoms with Crippen molar-refractivity contribution in [2.75, 3.05) is 0 Å². The number of hydrogen-bond donors (Lipinski definition) is 1. The summed E-state index contributed by atoms with van der Waals surface area (Å²) >= 11 is 5.89. The SMILES string of the molecule is C[C@@H](NC(=O)c1cc[c]cc1F)c1cccc(Cl)c1. The molecule has 2 nitrogen and oxygen atoms in total. The summed E-state index contributed by atoms with van der Waals surface area (Å²) in [4.78, 5) is 11.9. The van der Waals surface area contributed by atoms with E-state index in [1.54, 1.807) is 18.2 Å². The van der Waals surface area contributed by atoms with E-state index >= 15 is 0 Å². The Balaban J connectivity index is 2.13. The summed E-state index contributed by atoms with van der Waals surface area (Å²) in [6.45, 7) is 1.82. The number of carbonyl (C=O) groups is 1. The zero-order valence-corrected chi connectivity index (χ0v) is 11.0. The van der Waals surface area contributed by atoms with E-state index in [1.165, 1.54) is 12.1 Å².